The molecule has 0 spiro atoms. The van der Waals surface area contributed by atoms with E-state index in [0.29, 0.717) is 27.3 Å². The van der Waals surface area contributed by atoms with Crippen LogP contribution in [-0.4, -0.2) is 72.2 Å². The predicted octanol–water partition coefficient (Wildman–Crippen LogP) is 0.800. The molecule has 0 aliphatic carbocycles. The van der Waals surface area contributed by atoms with E-state index in [9.17, 15) is 24.4 Å². The van der Waals surface area contributed by atoms with Crippen LogP contribution in [0.2, 0.25) is 0 Å². The average molecular weight is 549 g/mol. The summed E-state index contributed by atoms with van der Waals surface area (Å²) < 4.78 is 0. The van der Waals surface area contributed by atoms with Crippen molar-refractivity contribution in [2.75, 3.05) is 23.8 Å². The molecule has 0 bridgehead atoms. The normalized spacial score (nSPS) is 19.8. The number of carbonyl (C=O) groups excluding carboxylic acids is 2. The zero-order chi connectivity index (χ0) is 25.8. The summed E-state index contributed by atoms with van der Waals surface area (Å²) in [5.41, 5.74) is 11.0. The van der Waals surface area contributed by atoms with Crippen LogP contribution in [0.15, 0.2) is 56.4 Å². The van der Waals surface area contributed by atoms with Crippen LogP contribution < -0.4 is 16.8 Å². The summed E-state index contributed by atoms with van der Waals surface area (Å²) in [6.45, 7) is 0.477. The van der Waals surface area contributed by atoms with Gasteiger partial charge in [-0.3, -0.25) is 19.5 Å². The third kappa shape index (κ3) is 5.30. The minimum Gasteiger partial charge on any atom is -0.477 e. The van der Waals surface area contributed by atoms with E-state index in [4.69, 9.17) is 11.5 Å². The molecule has 4 heterocycles. The van der Waals surface area contributed by atoms with Gasteiger partial charge in [0, 0.05) is 23.0 Å². The number of thioether (sulfide) groups is 3. The number of amides is 2. The maximum Gasteiger partial charge on any atom is 0.353 e. The van der Waals surface area contributed by atoms with E-state index in [2.05, 4.69) is 25.4 Å². The third-order valence-corrected chi connectivity index (χ3v) is 8.43. The fourth-order valence-electron chi connectivity index (χ4n) is 3.50. The molecule has 0 aromatic carbocycles. The molecule has 0 radical (unpaired) electrons. The number of rotatable bonds is 10. The monoisotopic (exact) mass is 548 g/mol. The second-order valence-corrected chi connectivity index (χ2v) is 10.7. The van der Waals surface area contributed by atoms with Gasteiger partial charge in [-0.15, -0.1) is 28.4 Å². The van der Waals surface area contributed by atoms with Crippen LogP contribution in [0.4, 0.5) is 5.82 Å². The van der Waals surface area contributed by atoms with Gasteiger partial charge in [0.1, 0.15) is 33.0 Å². The molecule has 4 rings (SSSR count). The molecule has 2 aromatic heterocycles. The van der Waals surface area contributed by atoms with Gasteiger partial charge in [-0.1, -0.05) is 17.8 Å². The first kappa shape index (κ1) is 25.9. The Balaban J connectivity index is 1.50. The summed E-state index contributed by atoms with van der Waals surface area (Å²) >= 11 is 3.83. The van der Waals surface area contributed by atoms with E-state index in [-0.39, 0.29) is 23.0 Å². The highest BCUT2D eigenvalue weighted by Gasteiger charge is 2.54. The van der Waals surface area contributed by atoms with E-state index in [1.54, 1.807) is 6.20 Å². The summed E-state index contributed by atoms with van der Waals surface area (Å²) in [5, 5.41) is 15.7. The number of nitroso groups, excluding NO2 is 1. The maximum atomic E-state index is 12.9. The number of anilines is 1. The number of carboxylic acid groups (broad SMARTS) is 1. The van der Waals surface area contributed by atoms with Crippen molar-refractivity contribution >= 4 is 58.9 Å². The molecule has 1 unspecified atom stereocenters. The number of hydrogen-bond acceptors (Lipinski definition) is 13. The van der Waals surface area contributed by atoms with Crippen molar-refractivity contribution < 1.29 is 19.5 Å². The number of carbonyl (C=O) groups is 3. The molecule has 2 aromatic rings. The van der Waals surface area contributed by atoms with Crippen molar-refractivity contribution in [3.8, 4) is 0 Å². The number of pyridine rings is 1. The Morgan fingerprint density at radius 2 is 2.08 bits per heavy atom. The number of nitrogens with zero attached hydrogens (tertiary/aromatic N) is 5. The first-order chi connectivity index (χ1) is 17.3. The number of carboxylic acids is 1. The fraction of sp³-hybridized carbons (Fsp3) is 0.300. The molecule has 2 aliphatic rings. The van der Waals surface area contributed by atoms with Gasteiger partial charge in [-0.25, -0.2) is 14.8 Å². The van der Waals surface area contributed by atoms with Gasteiger partial charge in [0.15, 0.2) is 0 Å². The van der Waals surface area contributed by atoms with Gasteiger partial charge >= 0.3 is 5.97 Å². The Hall–Kier alpha value is -3.21. The summed E-state index contributed by atoms with van der Waals surface area (Å²) in [6.07, 6.45) is 3.10. The summed E-state index contributed by atoms with van der Waals surface area (Å²) in [7, 11) is 0. The first-order valence-corrected chi connectivity index (χ1v) is 13.3. The van der Waals surface area contributed by atoms with Crippen LogP contribution in [-0.2, 0) is 14.4 Å². The Morgan fingerprint density at radius 1 is 1.31 bits per heavy atom. The molecule has 36 heavy (non-hydrogen) atoms. The van der Waals surface area contributed by atoms with E-state index in [1.165, 1.54) is 47.9 Å². The number of nitrogen functional groups attached to an aromatic ring is 1. The lowest BCUT2D eigenvalue weighted by molar-refractivity contribution is -0.150. The summed E-state index contributed by atoms with van der Waals surface area (Å²) in [4.78, 5) is 63.2. The molecule has 188 valence electrons. The Bertz CT molecular complexity index is 1250. The molecule has 0 saturated carbocycles. The highest BCUT2D eigenvalue weighted by molar-refractivity contribution is 8.06. The van der Waals surface area contributed by atoms with Gasteiger partial charge < -0.3 is 21.9 Å². The highest BCUT2D eigenvalue weighted by atomic mass is 32.2. The van der Waals surface area contributed by atoms with Crippen molar-refractivity contribution in [1.82, 2.24) is 25.2 Å². The molecule has 13 nitrogen and oxygen atoms in total. The van der Waals surface area contributed by atoms with Gasteiger partial charge in [-0.2, -0.15) is 0 Å². The van der Waals surface area contributed by atoms with Crippen molar-refractivity contribution in [3.63, 3.8) is 0 Å². The van der Waals surface area contributed by atoms with E-state index >= 15 is 0 Å². The SMILES string of the molecule is NCCSc1cncc(SC2=C(C(=O)O)N3C(=O)[C@@H](NC(=O)C(N=O)c4cccc(N)n4)[C@@H]3SC2)n1. The standard InChI is InChI=1S/C20H20N8O5S3/c21-4-5-34-12-6-23-7-13(25-12)36-10-8-35-19-15(18(30)28(19)16(10)20(31)32)26-17(29)14(27-33)9-2-1-3-11(22)24-9/h1-3,6-7,14-15,19H,4-5,8,21H2,(H2,22,24)(H,26,29)(H,31,32)/t14?,15-,19+/m1/s1. The van der Waals surface area contributed by atoms with Gasteiger partial charge in [-0.05, 0) is 17.3 Å². The first-order valence-electron chi connectivity index (χ1n) is 10.4. The maximum absolute atomic E-state index is 12.9. The number of nitrogens with one attached hydrogen (secondary N) is 1. The smallest absolute Gasteiger partial charge is 0.353 e. The second kappa shape index (κ2) is 11.2. The minimum absolute atomic E-state index is 0.0419. The number of fused-ring (bicyclic) bond motifs is 1. The van der Waals surface area contributed by atoms with Crippen LogP contribution in [0.3, 0.4) is 0 Å². The number of aliphatic carboxylic acids is 1. The number of hydrogen-bond donors (Lipinski definition) is 4. The van der Waals surface area contributed by atoms with Crippen LogP contribution in [0.5, 0.6) is 0 Å². The van der Waals surface area contributed by atoms with Crippen molar-refractivity contribution in [2.45, 2.75) is 27.5 Å². The molecule has 2 amide bonds. The molecule has 2 aliphatic heterocycles. The third-order valence-electron chi connectivity index (χ3n) is 5.05. The predicted molar refractivity (Wildman–Crippen MR) is 135 cm³/mol. The quantitative estimate of drug-likeness (QED) is 0.184. The number of nitrogens with two attached hydrogens (primary N) is 2. The molecule has 1 fully saturated rings. The van der Waals surface area contributed by atoms with E-state index in [0.717, 1.165) is 16.7 Å². The zero-order valence-corrected chi connectivity index (χ0v) is 20.9. The van der Waals surface area contributed by atoms with E-state index in [1.807, 2.05) is 0 Å². The minimum atomic E-state index is -1.51. The van der Waals surface area contributed by atoms with Crippen LogP contribution in [0.1, 0.15) is 11.7 Å². The molecule has 3 atom stereocenters. The summed E-state index contributed by atoms with van der Waals surface area (Å²) in [5.74, 6) is -1.69. The second-order valence-electron chi connectivity index (χ2n) is 7.40. The van der Waals surface area contributed by atoms with Crippen molar-refractivity contribution in [3.05, 3.63) is 51.8 Å². The van der Waals surface area contributed by atoms with Gasteiger partial charge in [0.25, 0.3) is 11.8 Å². The lowest BCUT2D eigenvalue weighted by atomic mass is 10.0. The largest absolute Gasteiger partial charge is 0.477 e. The molecular weight excluding hydrogens is 528 g/mol. The van der Waals surface area contributed by atoms with Crippen LogP contribution >= 0.6 is 35.3 Å². The summed E-state index contributed by atoms with van der Waals surface area (Å²) in [6, 6.07) is 1.91. The zero-order valence-electron chi connectivity index (χ0n) is 18.4. The number of aromatic nitrogens is 3. The van der Waals surface area contributed by atoms with Gasteiger partial charge in [0.05, 0.1) is 18.1 Å². The molecule has 16 heteroatoms. The lowest BCUT2D eigenvalue weighted by Crippen LogP contribution is -2.70. The Morgan fingerprint density at radius 3 is 2.78 bits per heavy atom. The van der Waals surface area contributed by atoms with Crippen LogP contribution in [0.25, 0.3) is 0 Å². The average Bonchev–Trinajstić information content (AvgIpc) is 2.86. The van der Waals surface area contributed by atoms with Crippen molar-refractivity contribution in [2.24, 2.45) is 10.9 Å². The highest BCUT2D eigenvalue weighted by Crippen LogP contribution is 2.45. The van der Waals surface area contributed by atoms with Gasteiger partial charge in [0.2, 0.25) is 6.04 Å². The van der Waals surface area contributed by atoms with E-state index < -0.39 is 35.2 Å². The molecule has 1 saturated heterocycles. The Labute approximate surface area is 217 Å². The number of β-lactam (4-membered cyclic amide) rings is 1. The Kier molecular flexibility index (Phi) is 8.07. The topological polar surface area (TPSA) is 207 Å². The van der Waals surface area contributed by atoms with Crippen molar-refractivity contribution in [1.29, 1.82) is 0 Å². The lowest BCUT2D eigenvalue weighted by Gasteiger charge is -2.49. The van der Waals surface area contributed by atoms with Crippen LogP contribution in [0, 0.1) is 4.91 Å². The fourth-order valence-corrected chi connectivity index (χ4v) is 6.61. The molecular formula is C20H20N8O5S3. The molecule has 6 N–H and O–H groups in total.